The minimum absolute atomic E-state index is 0.130. The first-order valence-electron chi connectivity index (χ1n) is 10.0. The second-order valence-corrected chi connectivity index (χ2v) is 8.04. The summed E-state index contributed by atoms with van der Waals surface area (Å²) in [5, 5.41) is 9.23. The Bertz CT molecular complexity index is 1180. The Balaban J connectivity index is 1.34. The van der Waals surface area contributed by atoms with E-state index in [1.807, 2.05) is 61.7 Å². The number of nitrogens with zero attached hydrogens (tertiary/aromatic N) is 3. The van der Waals surface area contributed by atoms with Gasteiger partial charge in [-0.25, -0.2) is 4.52 Å². The average Bonchev–Trinajstić information content (AvgIpc) is 3.33. The number of thiazole rings is 1. The largest absolute Gasteiger partial charge is 0.497 e. The van der Waals surface area contributed by atoms with Crippen molar-refractivity contribution in [1.82, 2.24) is 14.6 Å². The van der Waals surface area contributed by atoms with E-state index in [0.717, 1.165) is 38.8 Å². The number of amides is 1. The minimum atomic E-state index is -0.130. The van der Waals surface area contributed by atoms with Crippen molar-refractivity contribution in [3.8, 4) is 22.8 Å². The van der Waals surface area contributed by atoms with Crippen LogP contribution in [0.25, 0.3) is 16.2 Å². The van der Waals surface area contributed by atoms with Gasteiger partial charge in [-0.2, -0.15) is 4.98 Å². The number of methoxy groups -OCH3 is 1. The number of para-hydroxylation sites is 1. The molecule has 2 heterocycles. The van der Waals surface area contributed by atoms with Crippen LogP contribution in [-0.4, -0.2) is 34.2 Å². The topological polar surface area (TPSA) is 77.8 Å². The fourth-order valence-corrected chi connectivity index (χ4v) is 4.15. The molecule has 8 heteroatoms. The Morgan fingerprint density at radius 3 is 2.58 bits per heavy atom. The number of carbonyl (C=O) groups is 1. The van der Waals surface area contributed by atoms with Crippen molar-refractivity contribution in [2.24, 2.45) is 0 Å². The number of rotatable bonds is 8. The van der Waals surface area contributed by atoms with Crippen molar-refractivity contribution in [3.05, 3.63) is 59.0 Å². The third kappa shape index (κ3) is 4.69. The lowest BCUT2D eigenvalue weighted by atomic mass is 10.1. The van der Waals surface area contributed by atoms with Gasteiger partial charge >= 0.3 is 0 Å². The molecule has 31 heavy (non-hydrogen) atoms. The summed E-state index contributed by atoms with van der Waals surface area (Å²) in [7, 11) is 1.64. The van der Waals surface area contributed by atoms with Crippen LogP contribution in [0.1, 0.15) is 24.0 Å². The zero-order valence-electron chi connectivity index (χ0n) is 17.7. The van der Waals surface area contributed by atoms with Crippen molar-refractivity contribution in [2.45, 2.75) is 26.7 Å². The molecule has 160 valence electrons. The first-order chi connectivity index (χ1) is 15.0. The Kier molecular flexibility index (Phi) is 6.18. The zero-order chi connectivity index (χ0) is 21.8. The van der Waals surface area contributed by atoms with Crippen LogP contribution in [0.2, 0.25) is 0 Å². The monoisotopic (exact) mass is 436 g/mol. The van der Waals surface area contributed by atoms with Crippen molar-refractivity contribution in [2.75, 3.05) is 19.0 Å². The quantitative estimate of drug-likeness (QED) is 0.398. The lowest BCUT2D eigenvalue weighted by Gasteiger charge is -2.11. The smallest absolute Gasteiger partial charge is 0.250 e. The summed E-state index contributed by atoms with van der Waals surface area (Å²) < 4.78 is 12.8. The van der Waals surface area contributed by atoms with Crippen LogP contribution in [0.15, 0.2) is 47.8 Å². The van der Waals surface area contributed by atoms with Gasteiger partial charge in [-0.3, -0.25) is 10.1 Å². The van der Waals surface area contributed by atoms with Crippen LogP contribution in [0.3, 0.4) is 0 Å². The summed E-state index contributed by atoms with van der Waals surface area (Å²) in [4.78, 5) is 17.5. The maximum absolute atomic E-state index is 12.3. The molecule has 0 bridgehead atoms. The van der Waals surface area contributed by atoms with Crippen molar-refractivity contribution in [1.29, 1.82) is 0 Å². The summed E-state index contributed by atoms with van der Waals surface area (Å²) in [6.07, 6.45) is 0.946. The number of aryl methyl sites for hydroxylation is 2. The first kappa shape index (κ1) is 20.9. The summed E-state index contributed by atoms with van der Waals surface area (Å²) in [5.41, 5.74) is 4.11. The highest BCUT2D eigenvalue weighted by Gasteiger charge is 2.13. The Labute approximate surface area is 184 Å². The normalized spacial score (nSPS) is 10.9. The fourth-order valence-electron chi connectivity index (χ4n) is 3.32. The number of hydrogen-bond acceptors (Lipinski definition) is 6. The average molecular weight is 437 g/mol. The van der Waals surface area contributed by atoms with Gasteiger partial charge in [0.05, 0.1) is 19.4 Å². The van der Waals surface area contributed by atoms with Crippen molar-refractivity contribution < 1.29 is 14.3 Å². The molecule has 0 aliphatic carbocycles. The molecule has 0 unspecified atom stereocenters. The second-order valence-electron chi connectivity index (χ2n) is 7.20. The summed E-state index contributed by atoms with van der Waals surface area (Å²) in [5.74, 6) is 1.87. The number of hydrogen-bond donors (Lipinski definition) is 1. The van der Waals surface area contributed by atoms with Crippen LogP contribution in [0, 0.1) is 13.8 Å². The van der Waals surface area contributed by atoms with Gasteiger partial charge in [0.1, 0.15) is 11.5 Å². The molecule has 2 aromatic heterocycles. The lowest BCUT2D eigenvalue weighted by molar-refractivity contribution is -0.116. The van der Waals surface area contributed by atoms with Gasteiger partial charge in [-0.15, -0.1) is 16.4 Å². The second kappa shape index (κ2) is 9.18. The molecule has 0 aliphatic heterocycles. The highest BCUT2D eigenvalue weighted by atomic mass is 32.1. The number of benzene rings is 2. The van der Waals surface area contributed by atoms with Gasteiger partial charge < -0.3 is 9.47 Å². The molecule has 0 spiro atoms. The molecule has 0 saturated heterocycles. The van der Waals surface area contributed by atoms with E-state index in [2.05, 4.69) is 15.4 Å². The maximum atomic E-state index is 12.3. The van der Waals surface area contributed by atoms with E-state index < -0.39 is 0 Å². The number of ether oxygens (including phenoxy) is 2. The van der Waals surface area contributed by atoms with E-state index in [4.69, 9.17) is 9.47 Å². The predicted octanol–water partition coefficient (Wildman–Crippen LogP) is 4.88. The SMILES string of the molecule is COc1ccc(-c2csc3nc(NC(=O)CCCOc4c(C)cccc4C)nn23)cc1. The molecule has 4 aromatic rings. The first-order valence-corrected chi connectivity index (χ1v) is 10.9. The standard InChI is InChI=1S/C23H24N4O3S/c1-15-6-4-7-16(2)21(15)30-13-5-8-20(28)24-22-25-23-27(26-22)19(14-31-23)17-9-11-18(29-3)12-10-17/h4,6-7,9-12,14H,5,8,13H2,1-3H3,(H,24,26,28). The van der Waals surface area contributed by atoms with Gasteiger partial charge in [-0.05, 0) is 55.7 Å². The predicted molar refractivity (Wildman–Crippen MR) is 122 cm³/mol. The molecule has 7 nitrogen and oxygen atoms in total. The van der Waals surface area contributed by atoms with Gasteiger partial charge in [0.2, 0.25) is 16.8 Å². The van der Waals surface area contributed by atoms with E-state index in [-0.39, 0.29) is 5.91 Å². The third-order valence-corrected chi connectivity index (χ3v) is 5.74. The molecule has 4 rings (SSSR count). The molecular weight excluding hydrogens is 412 g/mol. The molecule has 0 fully saturated rings. The lowest BCUT2D eigenvalue weighted by Crippen LogP contribution is -2.14. The molecule has 0 aliphatic rings. The Morgan fingerprint density at radius 1 is 1.13 bits per heavy atom. The van der Waals surface area contributed by atoms with Crippen LogP contribution < -0.4 is 14.8 Å². The van der Waals surface area contributed by atoms with E-state index in [9.17, 15) is 4.79 Å². The minimum Gasteiger partial charge on any atom is -0.497 e. The van der Waals surface area contributed by atoms with Crippen LogP contribution in [-0.2, 0) is 4.79 Å². The van der Waals surface area contributed by atoms with E-state index >= 15 is 0 Å². The number of fused-ring (bicyclic) bond motifs is 1. The van der Waals surface area contributed by atoms with Crippen molar-refractivity contribution >= 4 is 28.2 Å². The molecule has 0 atom stereocenters. The van der Waals surface area contributed by atoms with Crippen LogP contribution in [0.5, 0.6) is 11.5 Å². The van der Waals surface area contributed by atoms with E-state index in [0.29, 0.717) is 25.4 Å². The highest BCUT2D eigenvalue weighted by molar-refractivity contribution is 7.15. The molecular formula is C23H24N4O3S. The third-order valence-electron chi connectivity index (χ3n) is 4.92. The number of anilines is 1. The molecule has 2 aromatic carbocycles. The molecule has 1 N–H and O–H groups in total. The summed E-state index contributed by atoms with van der Waals surface area (Å²) >= 11 is 1.48. The summed E-state index contributed by atoms with van der Waals surface area (Å²) in [6.45, 7) is 4.52. The maximum Gasteiger partial charge on any atom is 0.250 e. The Hall–Kier alpha value is -3.39. The van der Waals surface area contributed by atoms with Crippen LogP contribution >= 0.6 is 11.3 Å². The zero-order valence-corrected chi connectivity index (χ0v) is 18.5. The molecule has 0 saturated carbocycles. The molecule has 1 amide bonds. The van der Waals surface area contributed by atoms with Gasteiger partial charge in [0.25, 0.3) is 0 Å². The van der Waals surface area contributed by atoms with Crippen LogP contribution in [0.4, 0.5) is 5.95 Å². The van der Waals surface area contributed by atoms with E-state index in [1.165, 1.54) is 11.3 Å². The van der Waals surface area contributed by atoms with Gasteiger partial charge in [0, 0.05) is 17.4 Å². The van der Waals surface area contributed by atoms with E-state index in [1.54, 1.807) is 11.6 Å². The number of carbonyl (C=O) groups excluding carboxylic acids is 1. The number of aromatic nitrogens is 3. The Morgan fingerprint density at radius 2 is 1.87 bits per heavy atom. The molecule has 0 radical (unpaired) electrons. The highest BCUT2D eigenvalue weighted by Crippen LogP contribution is 2.27. The van der Waals surface area contributed by atoms with Gasteiger partial charge in [-0.1, -0.05) is 18.2 Å². The van der Waals surface area contributed by atoms with Gasteiger partial charge in [0.15, 0.2) is 0 Å². The number of nitrogens with one attached hydrogen (secondary N) is 1. The van der Waals surface area contributed by atoms with Crippen molar-refractivity contribution in [3.63, 3.8) is 0 Å². The fraction of sp³-hybridized carbons (Fsp3) is 0.261. The summed E-state index contributed by atoms with van der Waals surface area (Å²) in [6, 6.07) is 13.8.